The number of ether oxygens (including phenoxy) is 1. The first-order valence-electron chi connectivity index (χ1n) is 7.46. The van der Waals surface area contributed by atoms with Crippen LogP contribution in [0, 0.1) is 5.92 Å². The van der Waals surface area contributed by atoms with E-state index < -0.39 is 0 Å². The van der Waals surface area contributed by atoms with Gasteiger partial charge in [-0.05, 0) is 45.2 Å². The minimum absolute atomic E-state index is 0.259. The van der Waals surface area contributed by atoms with E-state index in [1.165, 1.54) is 12.8 Å². The maximum absolute atomic E-state index is 11.7. The molecule has 18 heavy (non-hydrogen) atoms. The van der Waals surface area contributed by atoms with Crippen LogP contribution in [-0.2, 0) is 9.53 Å². The van der Waals surface area contributed by atoms with Crippen molar-refractivity contribution in [1.82, 2.24) is 10.6 Å². The Bertz CT molecular complexity index is 246. The second-order valence-corrected chi connectivity index (χ2v) is 5.45. The number of rotatable bonds is 6. The van der Waals surface area contributed by atoms with Crippen LogP contribution in [0.4, 0.5) is 0 Å². The lowest BCUT2D eigenvalue weighted by atomic mass is 10.1. The first-order valence-corrected chi connectivity index (χ1v) is 7.46. The van der Waals surface area contributed by atoms with Gasteiger partial charge in [-0.2, -0.15) is 0 Å². The highest BCUT2D eigenvalue weighted by molar-refractivity contribution is 5.78. The smallest absolute Gasteiger partial charge is 0.223 e. The van der Waals surface area contributed by atoms with Gasteiger partial charge in [-0.3, -0.25) is 4.79 Å². The summed E-state index contributed by atoms with van der Waals surface area (Å²) in [5.74, 6) is 0.546. The Balaban J connectivity index is 1.46. The Morgan fingerprint density at radius 2 is 1.89 bits per heavy atom. The summed E-state index contributed by atoms with van der Waals surface area (Å²) in [5, 5.41) is 6.36. The van der Waals surface area contributed by atoms with E-state index in [0.29, 0.717) is 6.10 Å². The fraction of sp³-hybridized carbons (Fsp3) is 0.929. The Hall–Kier alpha value is -0.610. The molecular formula is C14H26N2O2. The SMILES string of the molecule is O=C(NCCCOC1CCNCC1)C1CCCC1. The Morgan fingerprint density at radius 1 is 1.17 bits per heavy atom. The van der Waals surface area contributed by atoms with E-state index in [-0.39, 0.29) is 11.8 Å². The fourth-order valence-electron chi connectivity index (χ4n) is 2.83. The highest BCUT2D eigenvalue weighted by Gasteiger charge is 2.21. The maximum Gasteiger partial charge on any atom is 0.223 e. The van der Waals surface area contributed by atoms with Crippen LogP contribution in [0.2, 0.25) is 0 Å². The lowest BCUT2D eigenvalue weighted by Crippen LogP contribution is -2.33. The molecule has 1 aliphatic carbocycles. The first kappa shape index (κ1) is 13.8. The molecule has 1 heterocycles. The van der Waals surface area contributed by atoms with Gasteiger partial charge in [0.2, 0.25) is 5.91 Å². The van der Waals surface area contributed by atoms with Crippen molar-refractivity contribution in [1.29, 1.82) is 0 Å². The van der Waals surface area contributed by atoms with Crippen molar-refractivity contribution >= 4 is 5.91 Å². The molecule has 4 heteroatoms. The Labute approximate surface area is 110 Å². The van der Waals surface area contributed by atoms with Crippen molar-refractivity contribution in [3.8, 4) is 0 Å². The van der Waals surface area contributed by atoms with Crippen molar-refractivity contribution in [2.75, 3.05) is 26.2 Å². The summed E-state index contributed by atoms with van der Waals surface area (Å²) in [5.41, 5.74) is 0. The molecule has 0 bridgehead atoms. The van der Waals surface area contributed by atoms with Crippen LogP contribution in [0.1, 0.15) is 44.9 Å². The van der Waals surface area contributed by atoms with Crippen molar-refractivity contribution in [3.63, 3.8) is 0 Å². The molecule has 0 aromatic carbocycles. The van der Waals surface area contributed by atoms with E-state index in [0.717, 1.165) is 58.3 Å². The molecule has 2 N–H and O–H groups in total. The second kappa shape index (κ2) is 7.74. The number of piperidine rings is 1. The molecule has 2 rings (SSSR count). The molecule has 0 radical (unpaired) electrons. The highest BCUT2D eigenvalue weighted by atomic mass is 16.5. The Kier molecular flexibility index (Phi) is 5.94. The molecule has 0 aromatic heterocycles. The lowest BCUT2D eigenvalue weighted by Gasteiger charge is -2.22. The van der Waals surface area contributed by atoms with E-state index in [2.05, 4.69) is 10.6 Å². The zero-order valence-corrected chi connectivity index (χ0v) is 11.2. The van der Waals surface area contributed by atoms with E-state index in [4.69, 9.17) is 4.74 Å². The van der Waals surface area contributed by atoms with Crippen LogP contribution in [0.15, 0.2) is 0 Å². The average molecular weight is 254 g/mol. The zero-order chi connectivity index (χ0) is 12.6. The molecular weight excluding hydrogens is 228 g/mol. The quantitative estimate of drug-likeness (QED) is 0.705. The molecule has 1 amide bonds. The third kappa shape index (κ3) is 4.58. The van der Waals surface area contributed by atoms with E-state index >= 15 is 0 Å². The van der Waals surface area contributed by atoms with Gasteiger partial charge in [0, 0.05) is 19.1 Å². The summed E-state index contributed by atoms with van der Waals surface area (Å²) in [6, 6.07) is 0. The molecule has 1 aliphatic heterocycles. The predicted octanol–water partition coefficient (Wildman–Crippen LogP) is 1.45. The largest absolute Gasteiger partial charge is 0.378 e. The van der Waals surface area contributed by atoms with Gasteiger partial charge >= 0.3 is 0 Å². The minimum Gasteiger partial charge on any atom is -0.378 e. The third-order valence-corrected chi connectivity index (χ3v) is 3.99. The summed E-state index contributed by atoms with van der Waals surface area (Å²) >= 11 is 0. The molecule has 2 fully saturated rings. The van der Waals surface area contributed by atoms with Gasteiger partial charge in [0.25, 0.3) is 0 Å². The summed E-state index contributed by atoms with van der Waals surface area (Å²) in [7, 11) is 0. The average Bonchev–Trinajstić information content (AvgIpc) is 2.93. The highest BCUT2D eigenvalue weighted by Crippen LogP contribution is 2.24. The van der Waals surface area contributed by atoms with Crippen molar-refractivity contribution in [2.45, 2.75) is 51.0 Å². The van der Waals surface area contributed by atoms with Gasteiger partial charge < -0.3 is 15.4 Å². The molecule has 0 spiro atoms. The molecule has 4 nitrogen and oxygen atoms in total. The molecule has 104 valence electrons. The van der Waals surface area contributed by atoms with Gasteiger partial charge in [-0.25, -0.2) is 0 Å². The summed E-state index contributed by atoms with van der Waals surface area (Å²) < 4.78 is 5.80. The first-order chi connectivity index (χ1) is 8.86. The van der Waals surface area contributed by atoms with Crippen molar-refractivity contribution in [2.24, 2.45) is 5.92 Å². The van der Waals surface area contributed by atoms with Gasteiger partial charge in [0.05, 0.1) is 6.10 Å². The van der Waals surface area contributed by atoms with E-state index in [9.17, 15) is 4.79 Å². The zero-order valence-electron chi connectivity index (χ0n) is 11.2. The van der Waals surface area contributed by atoms with E-state index in [1.807, 2.05) is 0 Å². The topological polar surface area (TPSA) is 50.4 Å². The summed E-state index contributed by atoms with van der Waals surface area (Å²) in [6.45, 7) is 3.68. The van der Waals surface area contributed by atoms with Crippen LogP contribution in [0.25, 0.3) is 0 Å². The fourth-order valence-corrected chi connectivity index (χ4v) is 2.83. The third-order valence-electron chi connectivity index (χ3n) is 3.99. The number of nitrogens with one attached hydrogen (secondary N) is 2. The monoisotopic (exact) mass is 254 g/mol. The number of carbonyl (C=O) groups excluding carboxylic acids is 1. The number of hydrogen-bond acceptors (Lipinski definition) is 3. The molecule has 0 atom stereocenters. The van der Waals surface area contributed by atoms with Crippen molar-refractivity contribution < 1.29 is 9.53 Å². The summed E-state index contributed by atoms with van der Waals surface area (Å²) in [4.78, 5) is 11.7. The summed E-state index contributed by atoms with van der Waals surface area (Å²) in [6.07, 6.45) is 8.20. The number of carbonyl (C=O) groups is 1. The second-order valence-electron chi connectivity index (χ2n) is 5.45. The van der Waals surface area contributed by atoms with Gasteiger partial charge in [0.15, 0.2) is 0 Å². The Morgan fingerprint density at radius 3 is 2.61 bits per heavy atom. The lowest BCUT2D eigenvalue weighted by molar-refractivity contribution is -0.124. The van der Waals surface area contributed by atoms with Crippen LogP contribution >= 0.6 is 0 Å². The van der Waals surface area contributed by atoms with Crippen molar-refractivity contribution in [3.05, 3.63) is 0 Å². The van der Waals surface area contributed by atoms with Crippen LogP contribution in [0.3, 0.4) is 0 Å². The van der Waals surface area contributed by atoms with E-state index in [1.54, 1.807) is 0 Å². The van der Waals surface area contributed by atoms with Crippen LogP contribution in [0.5, 0.6) is 0 Å². The maximum atomic E-state index is 11.7. The van der Waals surface area contributed by atoms with Gasteiger partial charge in [0.1, 0.15) is 0 Å². The molecule has 0 aromatic rings. The minimum atomic E-state index is 0.259. The van der Waals surface area contributed by atoms with Crippen LogP contribution < -0.4 is 10.6 Å². The van der Waals surface area contributed by atoms with Gasteiger partial charge in [-0.1, -0.05) is 12.8 Å². The molecule has 2 aliphatic rings. The normalized spacial score (nSPS) is 22.2. The molecule has 1 saturated carbocycles. The number of hydrogen-bond donors (Lipinski definition) is 2. The molecule has 0 unspecified atom stereocenters. The van der Waals surface area contributed by atoms with Gasteiger partial charge in [-0.15, -0.1) is 0 Å². The molecule has 1 saturated heterocycles. The predicted molar refractivity (Wildman–Crippen MR) is 71.4 cm³/mol. The van der Waals surface area contributed by atoms with Crippen LogP contribution in [-0.4, -0.2) is 38.3 Å². The number of amides is 1. The standard InChI is InChI=1S/C14H26N2O2/c17-14(12-4-1-2-5-12)16-8-3-11-18-13-6-9-15-10-7-13/h12-13,15H,1-11H2,(H,16,17).